The molecular formula is C13H15BrN2O. The molecule has 3 nitrogen and oxygen atoms in total. The summed E-state index contributed by atoms with van der Waals surface area (Å²) in [5, 5.41) is 11.3. The Hall–Kier alpha value is -1.34. The summed E-state index contributed by atoms with van der Waals surface area (Å²) in [5.74, 6) is -0.0434. The highest BCUT2D eigenvalue weighted by atomic mass is 79.9. The van der Waals surface area contributed by atoms with Crippen molar-refractivity contribution in [2.45, 2.75) is 32.7 Å². The van der Waals surface area contributed by atoms with E-state index in [0.29, 0.717) is 12.8 Å². The van der Waals surface area contributed by atoms with Crippen LogP contribution in [0.25, 0.3) is 0 Å². The van der Waals surface area contributed by atoms with Crippen LogP contribution >= 0.6 is 15.9 Å². The number of rotatable bonds is 4. The van der Waals surface area contributed by atoms with Crippen molar-refractivity contribution in [2.75, 3.05) is 0 Å². The average Bonchev–Trinajstić information content (AvgIpc) is 2.22. The average molecular weight is 295 g/mol. The number of nitriles is 1. The second-order valence-electron chi connectivity index (χ2n) is 4.08. The van der Waals surface area contributed by atoms with E-state index in [-0.39, 0.29) is 11.9 Å². The Balaban J connectivity index is 2.60. The van der Waals surface area contributed by atoms with Gasteiger partial charge in [0, 0.05) is 10.5 Å². The van der Waals surface area contributed by atoms with E-state index in [0.717, 1.165) is 15.6 Å². The van der Waals surface area contributed by atoms with Crippen molar-refractivity contribution in [3.63, 3.8) is 0 Å². The van der Waals surface area contributed by atoms with E-state index >= 15 is 0 Å². The summed E-state index contributed by atoms with van der Waals surface area (Å²) in [4.78, 5) is 11.7. The van der Waals surface area contributed by atoms with E-state index in [9.17, 15) is 4.79 Å². The summed E-state index contributed by atoms with van der Waals surface area (Å²) in [6, 6.07) is 7.79. The van der Waals surface area contributed by atoms with Gasteiger partial charge >= 0.3 is 0 Å². The quantitative estimate of drug-likeness (QED) is 0.928. The Morgan fingerprint density at radius 1 is 1.59 bits per heavy atom. The van der Waals surface area contributed by atoms with Crippen molar-refractivity contribution in [3.05, 3.63) is 33.8 Å². The lowest BCUT2D eigenvalue weighted by Crippen LogP contribution is -2.33. The standard InChI is InChI=1S/C13H15BrN2O/c1-9-7-12(14)4-3-11(9)8-13(17)16-10(2)5-6-15/h3-4,7,10H,5,8H2,1-2H3,(H,16,17). The molecule has 1 unspecified atom stereocenters. The fraction of sp³-hybridized carbons (Fsp3) is 0.385. The van der Waals surface area contributed by atoms with E-state index in [1.54, 1.807) is 0 Å². The molecule has 1 amide bonds. The topological polar surface area (TPSA) is 52.9 Å². The molecule has 0 aromatic heterocycles. The van der Waals surface area contributed by atoms with Gasteiger partial charge in [-0.3, -0.25) is 4.79 Å². The molecule has 1 rings (SSSR count). The predicted octanol–water partition coefficient (Wildman–Crippen LogP) is 2.72. The molecule has 0 aliphatic rings. The van der Waals surface area contributed by atoms with Crippen LogP contribution in [0.3, 0.4) is 0 Å². The van der Waals surface area contributed by atoms with Crippen molar-refractivity contribution in [1.82, 2.24) is 5.32 Å². The van der Waals surface area contributed by atoms with Crippen LogP contribution in [0.15, 0.2) is 22.7 Å². The molecule has 1 aromatic rings. The first-order valence-electron chi connectivity index (χ1n) is 5.44. The van der Waals surface area contributed by atoms with Crippen LogP contribution in [0.1, 0.15) is 24.5 Å². The lowest BCUT2D eigenvalue weighted by atomic mass is 10.1. The number of halogens is 1. The zero-order valence-electron chi connectivity index (χ0n) is 9.96. The van der Waals surface area contributed by atoms with Gasteiger partial charge in [-0.15, -0.1) is 0 Å². The second-order valence-corrected chi connectivity index (χ2v) is 4.99. The van der Waals surface area contributed by atoms with Gasteiger partial charge in [-0.2, -0.15) is 5.26 Å². The van der Waals surface area contributed by atoms with Crippen LogP contribution in [-0.4, -0.2) is 11.9 Å². The van der Waals surface area contributed by atoms with Crippen molar-refractivity contribution in [1.29, 1.82) is 5.26 Å². The van der Waals surface area contributed by atoms with Crippen LogP contribution in [0, 0.1) is 18.3 Å². The van der Waals surface area contributed by atoms with Crippen molar-refractivity contribution < 1.29 is 4.79 Å². The number of aryl methyl sites for hydroxylation is 1. The molecule has 0 saturated carbocycles. The normalized spacial score (nSPS) is 11.6. The lowest BCUT2D eigenvalue weighted by molar-refractivity contribution is -0.121. The SMILES string of the molecule is Cc1cc(Br)ccc1CC(=O)NC(C)CC#N. The van der Waals surface area contributed by atoms with Gasteiger partial charge in [0.2, 0.25) is 5.91 Å². The van der Waals surface area contributed by atoms with Gasteiger partial charge in [-0.1, -0.05) is 22.0 Å². The molecule has 0 fully saturated rings. The molecule has 0 aliphatic heterocycles. The Kier molecular flexibility index (Phi) is 5.17. The summed E-state index contributed by atoms with van der Waals surface area (Å²) < 4.78 is 1.01. The van der Waals surface area contributed by atoms with Gasteiger partial charge in [-0.05, 0) is 37.1 Å². The Bertz CT molecular complexity index is 451. The first kappa shape index (κ1) is 13.7. The highest BCUT2D eigenvalue weighted by molar-refractivity contribution is 9.10. The molecule has 0 bridgehead atoms. The predicted molar refractivity (Wildman–Crippen MR) is 70.4 cm³/mol. The number of benzene rings is 1. The maximum atomic E-state index is 11.7. The van der Waals surface area contributed by atoms with Crippen molar-refractivity contribution in [2.24, 2.45) is 0 Å². The van der Waals surface area contributed by atoms with Gasteiger partial charge in [0.05, 0.1) is 18.9 Å². The zero-order chi connectivity index (χ0) is 12.8. The summed E-state index contributed by atoms with van der Waals surface area (Å²) in [5.41, 5.74) is 2.09. The Morgan fingerprint density at radius 2 is 2.29 bits per heavy atom. The smallest absolute Gasteiger partial charge is 0.224 e. The third kappa shape index (κ3) is 4.58. The number of hydrogen-bond donors (Lipinski definition) is 1. The molecule has 0 aliphatic carbocycles. The van der Waals surface area contributed by atoms with E-state index in [2.05, 4.69) is 21.2 Å². The number of amides is 1. The Labute approximate surface area is 110 Å². The summed E-state index contributed by atoms with van der Waals surface area (Å²) in [6.07, 6.45) is 0.694. The molecule has 0 saturated heterocycles. The highest BCUT2D eigenvalue weighted by Gasteiger charge is 2.09. The number of carbonyl (C=O) groups excluding carboxylic acids is 1. The minimum absolute atomic E-state index is 0.0434. The number of nitrogens with zero attached hydrogens (tertiary/aromatic N) is 1. The molecule has 90 valence electrons. The molecule has 0 spiro atoms. The van der Waals surface area contributed by atoms with Crippen LogP contribution in [-0.2, 0) is 11.2 Å². The van der Waals surface area contributed by atoms with Gasteiger partial charge < -0.3 is 5.32 Å². The van der Waals surface area contributed by atoms with Crippen molar-refractivity contribution >= 4 is 21.8 Å². The Morgan fingerprint density at radius 3 is 2.88 bits per heavy atom. The summed E-state index contributed by atoms with van der Waals surface area (Å²) >= 11 is 3.39. The van der Waals surface area contributed by atoms with Gasteiger partial charge in [-0.25, -0.2) is 0 Å². The second kappa shape index (κ2) is 6.41. The molecule has 1 aromatic carbocycles. The summed E-state index contributed by atoms with van der Waals surface area (Å²) in [6.45, 7) is 3.81. The van der Waals surface area contributed by atoms with Gasteiger partial charge in [0.25, 0.3) is 0 Å². The van der Waals surface area contributed by atoms with E-state index in [1.165, 1.54) is 0 Å². The fourth-order valence-corrected chi connectivity index (χ4v) is 2.02. The third-order valence-electron chi connectivity index (χ3n) is 2.46. The van der Waals surface area contributed by atoms with Gasteiger partial charge in [0.15, 0.2) is 0 Å². The molecule has 17 heavy (non-hydrogen) atoms. The molecule has 1 atom stereocenters. The number of carbonyl (C=O) groups is 1. The van der Waals surface area contributed by atoms with Crippen LogP contribution in [0.4, 0.5) is 0 Å². The number of hydrogen-bond acceptors (Lipinski definition) is 2. The number of nitrogens with one attached hydrogen (secondary N) is 1. The molecular weight excluding hydrogens is 280 g/mol. The van der Waals surface area contributed by atoms with E-state index < -0.39 is 0 Å². The molecule has 1 N–H and O–H groups in total. The zero-order valence-corrected chi connectivity index (χ0v) is 11.5. The fourth-order valence-electron chi connectivity index (χ4n) is 1.54. The maximum Gasteiger partial charge on any atom is 0.224 e. The monoisotopic (exact) mass is 294 g/mol. The third-order valence-corrected chi connectivity index (χ3v) is 2.95. The maximum absolute atomic E-state index is 11.7. The minimum atomic E-state index is -0.0942. The molecule has 4 heteroatoms. The van der Waals surface area contributed by atoms with E-state index in [4.69, 9.17) is 5.26 Å². The largest absolute Gasteiger partial charge is 0.352 e. The van der Waals surface area contributed by atoms with Crippen LogP contribution in [0.2, 0.25) is 0 Å². The first-order chi connectivity index (χ1) is 8.02. The first-order valence-corrected chi connectivity index (χ1v) is 6.23. The van der Waals surface area contributed by atoms with Crippen molar-refractivity contribution in [3.8, 4) is 6.07 Å². The van der Waals surface area contributed by atoms with E-state index in [1.807, 2.05) is 38.1 Å². The van der Waals surface area contributed by atoms with Gasteiger partial charge in [0.1, 0.15) is 0 Å². The lowest BCUT2D eigenvalue weighted by Gasteiger charge is -2.11. The highest BCUT2D eigenvalue weighted by Crippen LogP contribution is 2.16. The minimum Gasteiger partial charge on any atom is -0.352 e. The van der Waals surface area contributed by atoms with Crippen LogP contribution in [0.5, 0.6) is 0 Å². The molecule has 0 radical (unpaired) electrons. The summed E-state index contributed by atoms with van der Waals surface area (Å²) in [7, 11) is 0. The van der Waals surface area contributed by atoms with Crippen LogP contribution < -0.4 is 5.32 Å². The molecule has 0 heterocycles.